The summed E-state index contributed by atoms with van der Waals surface area (Å²) >= 11 is 0. The largest absolute Gasteiger partial charge is 0.790 e. The van der Waals surface area contributed by atoms with E-state index in [4.69, 9.17) is 4.74 Å². The molecule has 0 saturated carbocycles. The van der Waals surface area contributed by atoms with Crippen LogP contribution < -0.4 is 19.5 Å². The van der Waals surface area contributed by atoms with Gasteiger partial charge in [-0.2, -0.15) is 4.57 Å². The maximum Gasteiger partial charge on any atom is 0.292 e. The predicted octanol–water partition coefficient (Wildman–Crippen LogP) is -4.20. The molecule has 0 amide bonds. The highest BCUT2D eigenvalue weighted by atomic mass is 31.2. The number of rotatable bonds is 5. The number of ether oxygens (including phenoxy) is 1. The number of nitrogens with zero attached hydrogens (tertiary/aromatic N) is 1. The highest BCUT2D eigenvalue weighted by Gasteiger charge is 2.48. The lowest BCUT2D eigenvalue weighted by Gasteiger charge is -2.30. The van der Waals surface area contributed by atoms with Gasteiger partial charge in [0.2, 0.25) is 0 Å². The zero-order valence-corrected chi connectivity index (χ0v) is 11.9. The van der Waals surface area contributed by atoms with Gasteiger partial charge in [-0.25, -0.2) is 0 Å². The molecular formula is C11H12NO9P-2. The average Bonchev–Trinajstić information content (AvgIpc) is 2.72. The van der Waals surface area contributed by atoms with Crippen LogP contribution in [0.3, 0.4) is 0 Å². The van der Waals surface area contributed by atoms with Crippen molar-refractivity contribution < 1.29 is 48.3 Å². The van der Waals surface area contributed by atoms with Crippen LogP contribution in [0.15, 0.2) is 24.5 Å². The van der Waals surface area contributed by atoms with Crippen molar-refractivity contribution in [3.05, 3.63) is 30.1 Å². The van der Waals surface area contributed by atoms with Crippen molar-refractivity contribution in [3.8, 4) is 0 Å². The number of carbonyl (C=O) groups excluding carboxylic acids is 1. The second-order valence-corrected chi connectivity index (χ2v) is 5.77. The van der Waals surface area contributed by atoms with Crippen molar-refractivity contribution in [1.82, 2.24) is 0 Å². The molecule has 4 atom stereocenters. The molecule has 0 spiro atoms. The Balaban J connectivity index is 2.14. The van der Waals surface area contributed by atoms with Gasteiger partial charge >= 0.3 is 0 Å². The number of aromatic nitrogens is 1. The third-order valence-corrected chi connectivity index (χ3v) is 3.55. The molecule has 2 rings (SSSR count). The summed E-state index contributed by atoms with van der Waals surface area (Å²) in [5, 5.41) is 30.5. The summed E-state index contributed by atoms with van der Waals surface area (Å²) in [7, 11) is -5.24. The van der Waals surface area contributed by atoms with Crippen LogP contribution in [0.1, 0.15) is 16.6 Å². The fourth-order valence-electron chi connectivity index (χ4n) is 2.05. The molecule has 0 bridgehead atoms. The summed E-state index contributed by atoms with van der Waals surface area (Å²) < 4.78 is 20.8. The van der Waals surface area contributed by atoms with Crippen LogP contribution in [0.25, 0.3) is 0 Å². The summed E-state index contributed by atoms with van der Waals surface area (Å²) in [5.41, 5.74) is -0.184. The predicted molar refractivity (Wildman–Crippen MR) is 60.4 cm³/mol. The fraction of sp³-hybridized carbons (Fsp3) is 0.455. The van der Waals surface area contributed by atoms with Gasteiger partial charge in [0.25, 0.3) is 6.23 Å². The lowest BCUT2D eigenvalue weighted by Crippen LogP contribution is -2.46. The van der Waals surface area contributed by atoms with Gasteiger partial charge in [-0.1, -0.05) is 0 Å². The van der Waals surface area contributed by atoms with Crippen LogP contribution in [0.4, 0.5) is 0 Å². The fourth-order valence-corrected chi connectivity index (χ4v) is 2.38. The summed E-state index contributed by atoms with van der Waals surface area (Å²) in [6.07, 6.45) is -2.95. The zero-order valence-electron chi connectivity index (χ0n) is 11.0. The van der Waals surface area contributed by atoms with E-state index in [2.05, 4.69) is 4.52 Å². The van der Waals surface area contributed by atoms with Gasteiger partial charge in [-0.05, 0) is 6.07 Å². The first-order valence-corrected chi connectivity index (χ1v) is 7.55. The molecule has 0 aliphatic carbocycles. The SMILES string of the molecule is O=C([O-])c1ccc[n+](C2OC(COP(=O)([O-])[O-])C(O)C2O)c1. The highest BCUT2D eigenvalue weighted by Crippen LogP contribution is 2.30. The third kappa shape index (κ3) is 3.87. The Morgan fingerprint density at radius 1 is 1.41 bits per heavy atom. The minimum absolute atomic E-state index is 0.184. The topological polar surface area (TPSA) is 166 Å². The lowest BCUT2D eigenvalue weighted by molar-refractivity contribution is -0.765. The van der Waals surface area contributed by atoms with Crippen LogP contribution in [-0.2, 0) is 13.8 Å². The zero-order chi connectivity index (χ0) is 16.5. The minimum atomic E-state index is -5.24. The van der Waals surface area contributed by atoms with Crippen molar-refractivity contribution in [1.29, 1.82) is 0 Å². The first-order chi connectivity index (χ1) is 10.2. The third-order valence-electron chi connectivity index (χ3n) is 3.09. The molecule has 1 aliphatic heterocycles. The molecule has 1 aromatic heterocycles. The number of carboxylic acid groups (broad SMARTS) is 1. The van der Waals surface area contributed by atoms with E-state index in [0.717, 1.165) is 6.20 Å². The number of aromatic carboxylic acids is 1. The van der Waals surface area contributed by atoms with Gasteiger partial charge < -0.3 is 43.7 Å². The monoisotopic (exact) mass is 333 g/mol. The van der Waals surface area contributed by atoms with E-state index in [-0.39, 0.29) is 5.56 Å². The van der Waals surface area contributed by atoms with E-state index in [1.165, 1.54) is 22.9 Å². The molecule has 1 saturated heterocycles. The molecule has 0 radical (unpaired) electrons. The molecule has 11 heteroatoms. The van der Waals surface area contributed by atoms with Crippen LogP contribution >= 0.6 is 7.82 Å². The lowest BCUT2D eigenvalue weighted by atomic mass is 10.1. The van der Waals surface area contributed by atoms with Gasteiger partial charge in [0.05, 0.1) is 26.0 Å². The maximum absolute atomic E-state index is 10.8. The average molecular weight is 333 g/mol. The van der Waals surface area contributed by atoms with E-state index in [9.17, 15) is 34.5 Å². The van der Waals surface area contributed by atoms with Crippen LogP contribution in [0.2, 0.25) is 0 Å². The number of hydrogen-bond acceptors (Lipinski definition) is 9. The summed E-state index contributed by atoms with van der Waals surface area (Å²) in [6, 6.07) is 2.62. The highest BCUT2D eigenvalue weighted by molar-refractivity contribution is 7.43. The first-order valence-electron chi connectivity index (χ1n) is 6.09. The van der Waals surface area contributed by atoms with E-state index < -0.39 is 44.9 Å². The van der Waals surface area contributed by atoms with E-state index in [1.807, 2.05) is 0 Å². The van der Waals surface area contributed by atoms with Crippen molar-refractivity contribution in [2.75, 3.05) is 6.61 Å². The Bertz CT molecular complexity index is 603. The van der Waals surface area contributed by atoms with Crippen molar-refractivity contribution in [3.63, 3.8) is 0 Å². The van der Waals surface area contributed by atoms with Gasteiger partial charge in [0, 0.05) is 6.07 Å². The molecule has 10 nitrogen and oxygen atoms in total. The number of aliphatic hydroxyl groups excluding tert-OH is 2. The summed E-state index contributed by atoms with van der Waals surface area (Å²) in [5.74, 6) is -1.44. The van der Waals surface area contributed by atoms with E-state index in [0.29, 0.717) is 0 Å². The van der Waals surface area contributed by atoms with Crippen molar-refractivity contribution in [2.45, 2.75) is 24.5 Å². The normalized spacial score (nSPS) is 28.7. The first kappa shape index (κ1) is 17.0. The Kier molecular flexibility index (Phi) is 4.93. The van der Waals surface area contributed by atoms with Gasteiger partial charge in [-0.15, -0.1) is 0 Å². The van der Waals surface area contributed by atoms with Crippen LogP contribution in [0.5, 0.6) is 0 Å². The van der Waals surface area contributed by atoms with Crippen LogP contribution in [-0.4, -0.2) is 41.1 Å². The van der Waals surface area contributed by atoms with Crippen LogP contribution in [0, 0.1) is 0 Å². The minimum Gasteiger partial charge on any atom is -0.790 e. The van der Waals surface area contributed by atoms with Gasteiger partial charge in [0.1, 0.15) is 12.2 Å². The van der Waals surface area contributed by atoms with E-state index in [1.54, 1.807) is 0 Å². The molecule has 0 aromatic carbocycles. The number of phosphoric ester groups is 1. The number of carboxylic acids is 1. The summed E-state index contributed by atoms with van der Waals surface area (Å²) in [6.45, 7) is -0.764. The molecule has 1 fully saturated rings. The number of phosphoric acid groups is 1. The molecule has 1 aromatic rings. The molecule has 22 heavy (non-hydrogen) atoms. The van der Waals surface area contributed by atoms with Crippen molar-refractivity contribution in [2.24, 2.45) is 0 Å². The summed E-state index contributed by atoms with van der Waals surface area (Å²) in [4.78, 5) is 31.6. The Hall–Kier alpha value is -1.39. The molecular weight excluding hydrogens is 321 g/mol. The Labute approximate surface area is 124 Å². The molecule has 2 heterocycles. The number of aliphatic hydroxyl groups is 2. The van der Waals surface area contributed by atoms with Crippen molar-refractivity contribution >= 4 is 13.8 Å². The molecule has 2 N–H and O–H groups in total. The van der Waals surface area contributed by atoms with E-state index >= 15 is 0 Å². The Morgan fingerprint density at radius 3 is 2.68 bits per heavy atom. The molecule has 122 valence electrons. The second kappa shape index (κ2) is 6.39. The maximum atomic E-state index is 10.8. The smallest absolute Gasteiger partial charge is 0.292 e. The second-order valence-electron chi connectivity index (χ2n) is 4.62. The number of pyridine rings is 1. The standard InChI is InChI=1S/C11H14NO9P/c13-8-7(5-20-22(17,18)19)21-10(9(8)14)12-3-1-2-6(4-12)11(15)16/h1-4,7-10,13-14H,5H2,(H2-,15,16,17,18,19)/p-2. The quantitative estimate of drug-likeness (QED) is 0.401. The Morgan fingerprint density at radius 2 is 2.09 bits per heavy atom. The van der Waals surface area contributed by atoms with Gasteiger partial charge in [-0.3, -0.25) is 0 Å². The molecule has 1 aliphatic rings. The number of hydrogen-bond donors (Lipinski definition) is 2. The van der Waals surface area contributed by atoms with Gasteiger partial charge in [0.15, 0.2) is 18.5 Å². The number of carbonyl (C=O) groups is 1. The molecule has 4 unspecified atom stereocenters.